The third-order valence-electron chi connectivity index (χ3n) is 6.01. The predicted molar refractivity (Wildman–Crippen MR) is 92.6 cm³/mol. The fraction of sp³-hybridized carbons (Fsp3) is 0.526. The van der Waals surface area contributed by atoms with E-state index in [0.29, 0.717) is 18.1 Å². The first-order valence-electron chi connectivity index (χ1n) is 8.31. The molecule has 116 valence electrons. The van der Waals surface area contributed by atoms with Gasteiger partial charge in [-0.25, -0.2) is 0 Å². The van der Waals surface area contributed by atoms with Gasteiger partial charge in [0.1, 0.15) is 0 Å². The maximum Gasteiger partial charge on any atom is 0.163 e. The lowest BCUT2D eigenvalue weighted by Gasteiger charge is -2.56. The minimum atomic E-state index is 0.170. The zero-order valence-electron chi connectivity index (χ0n) is 13.3. The molecule has 3 aliphatic heterocycles. The average Bonchev–Trinajstić information content (AvgIpc) is 2.98. The first kappa shape index (κ1) is 14.4. The van der Waals surface area contributed by atoms with Crippen molar-refractivity contribution in [3.8, 4) is 0 Å². The normalized spacial score (nSPS) is 29.8. The summed E-state index contributed by atoms with van der Waals surface area (Å²) in [6.45, 7) is 7.09. The lowest BCUT2D eigenvalue weighted by molar-refractivity contribution is -0.0643. The third kappa shape index (κ3) is 2.22. The van der Waals surface area contributed by atoms with Crippen LogP contribution in [0, 0.1) is 11.8 Å². The number of benzene rings is 1. The van der Waals surface area contributed by atoms with Gasteiger partial charge in [0.25, 0.3) is 0 Å². The van der Waals surface area contributed by atoms with Gasteiger partial charge in [0, 0.05) is 22.2 Å². The SMILES string of the molecule is CC1(C)[C@H](CC(=O)c2ccc3ccsc3c2)C2CCN1CC2. The number of hydrogen-bond donors (Lipinski definition) is 0. The molecule has 2 aromatic rings. The molecule has 0 amide bonds. The molecule has 1 aromatic heterocycles. The van der Waals surface area contributed by atoms with Crippen LogP contribution >= 0.6 is 11.3 Å². The second-order valence-corrected chi connectivity index (χ2v) is 8.33. The molecule has 0 spiro atoms. The number of ketones is 1. The Bertz CT molecular complexity index is 709. The van der Waals surface area contributed by atoms with Crippen molar-refractivity contribution in [2.75, 3.05) is 13.1 Å². The van der Waals surface area contributed by atoms with Crippen LogP contribution in [-0.2, 0) is 0 Å². The number of carbonyl (C=O) groups excluding carboxylic acids is 1. The summed E-state index contributed by atoms with van der Waals surface area (Å²) in [4.78, 5) is 15.4. The summed E-state index contributed by atoms with van der Waals surface area (Å²) >= 11 is 1.72. The first-order valence-corrected chi connectivity index (χ1v) is 9.19. The van der Waals surface area contributed by atoms with Crippen LogP contribution < -0.4 is 0 Å². The molecule has 1 atom stereocenters. The number of nitrogens with zero attached hydrogens (tertiary/aromatic N) is 1. The highest BCUT2D eigenvalue weighted by Crippen LogP contribution is 2.45. The van der Waals surface area contributed by atoms with Crippen molar-refractivity contribution in [3.63, 3.8) is 0 Å². The Kier molecular flexibility index (Phi) is 3.39. The predicted octanol–water partition coefficient (Wildman–Crippen LogP) is 4.59. The lowest BCUT2D eigenvalue weighted by atomic mass is 9.65. The van der Waals surface area contributed by atoms with Crippen LogP contribution in [-0.4, -0.2) is 29.3 Å². The van der Waals surface area contributed by atoms with Crippen molar-refractivity contribution >= 4 is 27.2 Å². The molecule has 5 rings (SSSR count). The van der Waals surface area contributed by atoms with Crippen LogP contribution in [0.2, 0.25) is 0 Å². The van der Waals surface area contributed by atoms with Crippen molar-refractivity contribution in [1.29, 1.82) is 0 Å². The topological polar surface area (TPSA) is 20.3 Å². The summed E-state index contributed by atoms with van der Waals surface area (Å²) in [5.41, 5.74) is 1.06. The van der Waals surface area contributed by atoms with Gasteiger partial charge >= 0.3 is 0 Å². The lowest BCUT2D eigenvalue weighted by Crippen LogP contribution is -2.61. The molecule has 4 heterocycles. The van der Waals surface area contributed by atoms with E-state index in [-0.39, 0.29) is 5.54 Å². The van der Waals surface area contributed by atoms with E-state index < -0.39 is 0 Å². The highest BCUT2D eigenvalue weighted by atomic mass is 32.1. The minimum Gasteiger partial charge on any atom is -0.298 e. The van der Waals surface area contributed by atoms with Crippen LogP contribution in [0.4, 0.5) is 0 Å². The number of fused-ring (bicyclic) bond motifs is 4. The number of rotatable bonds is 3. The average molecular weight is 313 g/mol. The first-order chi connectivity index (χ1) is 10.6. The van der Waals surface area contributed by atoms with Crippen LogP contribution in [0.1, 0.15) is 43.5 Å². The number of Topliss-reactive ketones (excluding diaryl/α,β-unsaturated/α-hetero) is 1. The Morgan fingerprint density at radius 3 is 2.77 bits per heavy atom. The second-order valence-electron chi connectivity index (χ2n) is 7.39. The minimum absolute atomic E-state index is 0.170. The fourth-order valence-electron chi connectivity index (χ4n) is 4.55. The monoisotopic (exact) mass is 313 g/mol. The largest absolute Gasteiger partial charge is 0.298 e. The zero-order valence-corrected chi connectivity index (χ0v) is 14.2. The molecule has 0 aliphatic carbocycles. The molecule has 1 aromatic carbocycles. The number of thiophene rings is 1. The van der Waals surface area contributed by atoms with E-state index in [4.69, 9.17) is 0 Å². The zero-order chi connectivity index (χ0) is 15.3. The Morgan fingerprint density at radius 1 is 1.27 bits per heavy atom. The Balaban J connectivity index is 1.58. The van der Waals surface area contributed by atoms with Gasteiger partial charge in [0.05, 0.1) is 0 Å². The molecule has 22 heavy (non-hydrogen) atoms. The van der Waals surface area contributed by atoms with Crippen LogP contribution in [0.25, 0.3) is 10.1 Å². The van der Waals surface area contributed by atoms with Crippen molar-refractivity contribution in [3.05, 3.63) is 35.2 Å². The van der Waals surface area contributed by atoms with E-state index in [2.05, 4.69) is 42.3 Å². The third-order valence-corrected chi connectivity index (χ3v) is 6.89. The molecular formula is C19H23NOS. The summed E-state index contributed by atoms with van der Waals surface area (Å²) in [5, 5.41) is 3.33. The molecule has 3 heteroatoms. The van der Waals surface area contributed by atoms with Gasteiger partial charge in [-0.1, -0.05) is 12.1 Å². The van der Waals surface area contributed by atoms with E-state index in [1.807, 2.05) is 6.07 Å². The van der Waals surface area contributed by atoms with Gasteiger partial charge in [0.15, 0.2) is 5.78 Å². The fourth-order valence-corrected chi connectivity index (χ4v) is 5.38. The van der Waals surface area contributed by atoms with E-state index in [1.165, 1.54) is 36.0 Å². The molecule has 0 unspecified atom stereocenters. The molecule has 0 N–H and O–H groups in total. The van der Waals surface area contributed by atoms with Crippen molar-refractivity contribution in [1.82, 2.24) is 4.90 Å². The molecule has 3 saturated heterocycles. The van der Waals surface area contributed by atoms with Gasteiger partial charge in [-0.05, 0) is 74.5 Å². The summed E-state index contributed by atoms with van der Waals surface area (Å²) in [5.74, 6) is 1.55. The van der Waals surface area contributed by atoms with E-state index in [1.54, 1.807) is 11.3 Å². The molecular weight excluding hydrogens is 290 g/mol. The standard InChI is InChI=1S/C19H23NOS/c1-19(2)16(13-5-8-20(19)9-6-13)12-17(21)15-4-3-14-7-10-22-18(14)11-15/h3-4,7,10-11,13,16H,5-6,8-9,12H2,1-2H3/t16-/m1/s1. The Hall–Kier alpha value is -1.19. The molecule has 3 aliphatic rings. The van der Waals surface area contributed by atoms with Crippen molar-refractivity contribution < 1.29 is 4.79 Å². The quantitative estimate of drug-likeness (QED) is 0.772. The smallest absolute Gasteiger partial charge is 0.163 e. The van der Waals surface area contributed by atoms with Crippen molar-refractivity contribution in [2.45, 2.75) is 38.6 Å². The van der Waals surface area contributed by atoms with Crippen LogP contribution in [0.3, 0.4) is 0 Å². The summed E-state index contributed by atoms with van der Waals surface area (Å²) in [6.07, 6.45) is 3.24. The number of hydrogen-bond acceptors (Lipinski definition) is 3. The maximum atomic E-state index is 12.8. The van der Waals surface area contributed by atoms with Gasteiger partial charge in [-0.2, -0.15) is 0 Å². The highest BCUT2D eigenvalue weighted by Gasteiger charge is 2.47. The van der Waals surface area contributed by atoms with E-state index >= 15 is 0 Å². The van der Waals surface area contributed by atoms with E-state index in [0.717, 1.165) is 11.5 Å². The van der Waals surface area contributed by atoms with Crippen molar-refractivity contribution in [2.24, 2.45) is 11.8 Å². The molecule has 0 radical (unpaired) electrons. The molecule has 3 fully saturated rings. The van der Waals surface area contributed by atoms with Crippen LogP contribution in [0.5, 0.6) is 0 Å². The highest BCUT2D eigenvalue weighted by molar-refractivity contribution is 7.17. The van der Waals surface area contributed by atoms with Gasteiger partial charge in [-0.15, -0.1) is 11.3 Å². The number of piperidine rings is 3. The number of carbonyl (C=O) groups is 1. The molecule has 2 bridgehead atoms. The van der Waals surface area contributed by atoms with E-state index in [9.17, 15) is 4.79 Å². The Morgan fingerprint density at radius 2 is 2.05 bits per heavy atom. The maximum absolute atomic E-state index is 12.8. The summed E-state index contributed by atoms with van der Waals surface area (Å²) in [6, 6.07) is 8.29. The summed E-state index contributed by atoms with van der Waals surface area (Å²) < 4.78 is 1.22. The van der Waals surface area contributed by atoms with Crippen LogP contribution in [0.15, 0.2) is 29.6 Å². The van der Waals surface area contributed by atoms with Gasteiger partial charge < -0.3 is 0 Å². The summed E-state index contributed by atoms with van der Waals surface area (Å²) in [7, 11) is 0. The van der Waals surface area contributed by atoms with Gasteiger partial charge in [0.2, 0.25) is 0 Å². The second kappa shape index (κ2) is 5.17. The van der Waals surface area contributed by atoms with Gasteiger partial charge in [-0.3, -0.25) is 9.69 Å². The molecule has 0 saturated carbocycles. The molecule has 2 nitrogen and oxygen atoms in total. The Labute approximate surface area is 136 Å².